The summed E-state index contributed by atoms with van der Waals surface area (Å²) in [6.07, 6.45) is 0.757. The van der Waals surface area contributed by atoms with Gasteiger partial charge in [-0.1, -0.05) is 42.5 Å². The Hall–Kier alpha value is -2.34. The number of nitrogens with zero attached hydrogens (tertiary/aromatic N) is 2. The normalized spacial score (nSPS) is 10.1. The van der Waals surface area contributed by atoms with Crippen LogP contribution < -0.4 is 0 Å². The van der Waals surface area contributed by atoms with Crippen LogP contribution in [0.1, 0.15) is 12.0 Å². The molecule has 2 aromatic carbocycles. The molecule has 1 amide bonds. The quantitative estimate of drug-likeness (QED) is 0.839. The molecule has 0 aromatic heterocycles. The van der Waals surface area contributed by atoms with Crippen molar-refractivity contribution in [1.82, 2.24) is 4.90 Å². The van der Waals surface area contributed by atoms with Gasteiger partial charge in [-0.25, -0.2) is 0 Å². The van der Waals surface area contributed by atoms with Crippen LogP contribution in [0.2, 0.25) is 0 Å². The van der Waals surface area contributed by atoms with Gasteiger partial charge in [-0.05, 0) is 22.8 Å². The van der Waals surface area contributed by atoms with Crippen LogP contribution in [0.4, 0.5) is 0 Å². The third-order valence-corrected chi connectivity index (χ3v) is 3.21. The van der Waals surface area contributed by atoms with Crippen LogP contribution in [0, 0.1) is 11.3 Å². The highest BCUT2D eigenvalue weighted by Crippen LogP contribution is 2.16. The lowest BCUT2D eigenvalue weighted by molar-refractivity contribution is -0.128. The number of carbonyl (C=O) groups excluding carboxylic acids is 1. The second kappa shape index (κ2) is 6.01. The molecule has 0 heterocycles. The number of hydrogen-bond donors (Lipinski definition) is 0. The van der Waals surface area contributed by atoms with E-state index < -0.39 is 0 Å². The minimum atomic E-state index is -0.122. The summed E-state index contributed by atoms with van der Waals surface area (Å²) >= 11 is 0. The smallest absolute Gasteiger partial charge is 0.236 e. The molecule has 0 saturated carbocycles. The molecule has 0 unspecified atom stereocenters. The van der Waals surface area contributed by atoms with E-state index in [1.54, 1.807) is 11.9 Å². The predicted octanol–water partition coefficient (Wildman–Crippen LogP) is 2.75. The Morgan fingerprint density at radius 2 is 1.95 bits per heavy atom. The molecule has 0 atom stereocenters. The van der Waals surface area contributed by atoms with Crippen LogP contribution in [0.25, 0.3) is 10.8 Å². The Balaban J connectivity index is 2.02. The van der Waals surface area contributed by atoms with Gasteiger partial charge in [-0.2, -0.15) is 5.26 Å². The van der Waals surface area contributed by atoms with Gasteiger partial charge < -0.3 is 4.90 Å². The number of carbonyl (C=O) groups is 1. The first kappa shape index (κ1) is 13.1. The molecule has 0 bridgehead atoms. The summed E-state index contributed by atoms with van der Waals surface area (Å²) < 4.78 is 0. The summed E-state index contributed by atoms with van der Waals surface area (Å²) in [6, 6.07) is 16.4. The molecule has 0 aliphatic rings. The van der Waals surface area contributed by atoms with E-state index in [2.05, 4.69) is 30.3 Å². The van der Waals surface area contributed by atoms with Crippen molar-refractivity contribution in [3.05, 3.63) is 48.0 Å². The summed E-state index contributed by atoms with van der Waals surface area (Å²) in [5.74, 6) is -0.122. The first-order chi connectivity index (χ1) is 9.20. The highest BCUT2D eigenvalue weighted by Gasteiger charge is 2.07. The Kier molecular flexibility index (Phi) is 4.15. The lowest BCUT2D eigenvalue weighted by Gasteiger charge is -2.15. The zero-order valence-electron chi connectivity index (χ0n) is 11.0. The maximum Gasteiger partial charge on any atom is 0.236 e. The van der Waals surface area contributed by atoms with E-state index >= 15 is 0 Å². The van der Waals surface area contributed by atoms with Crippen molar-refractivity contribution in [3.8, 4) is 6.07 Å². The van der Waals surface area contributed by atoms with Crippen LogP contribution >= 0.6 is 0 Å². The lowest BCUT2D eigenvalue weighted by Crippen LogP contribution is -2.28. The van der Waals surface area contributed by atoms with E-state index in [1.807, 2.05) is 18.2 Å². The fourth-order valence-electron chi connectivity index (χ4n) is 2.02. The van der Waals surface area contributed by atoms with E-state index in [1.165, 1.54) is 16.3 Å². The van der Waals surface area contributed by atoms with E-state index in [4.69, 9.17) is 5.26 Å². The van der Waals surface area contributed by atoms with Crippen LogP contribution in [-0.4, -0.2) is 24.4 Å². The van der Waals surface area contributed by atoms with Gasteiger partial charge in [0, 0.05) is 13.6 Å². The molecule has 0 N–H and O–H groups in total. The zero-order valence-corrected chi connectivity index (χ0v) is 11.0. The second-order valence-corrected chi connectivity index (χ2v) is 4.58. The van der Waals surface area contributed by atoms with E-state index in [0.717, 1.165) is 6.42 Å². The van der Waals surface area contributed by atoms with Crippen LogP contribution in [0.5, 0.6) is 0 Å². The number of benzene rings is 2. The second-order valence-electron chi connectivity index (χ2n) is 4.58. The number of fused-ring (bicyclic) bond motifs is 1. The van der Waals surface area contributed by atoms with Gasteiger partial charge >= 0.3 is 0 Å². The van der Waals surface area contributed by atoms with Crippen molar-refractivity contribution < 1.29 is 4.79 Å². The zero-order chi connectivity index (χ0) is 13.7. The first-order valence-electron chi connectivity index (χ1n) is 6.29. The first-order valence-corrected chi connectivity index (χ1v) is 6.29. The Bertz CT molecular complexity index is 628. The largest absolute Gasteiger partial charge is 0.345 e. The number of likely N-dealkylation sites (N-methyl/N-ethyl adjacent to an activating group) is 1. The summed E-state index contributed by atoms with van der Waals surface area (Å²) in [4.78, 5) is 13.1. The number of nitriles is 1. The summed E-state index contributed by atoms with van der Waals surface area (Å²) in [5, 5.41) is 10.9. The van der Waals surface area contributed by atoms with E-state index in [0.29, 0.717) is 6.54 Å². The molecule has 0 saturated heterocycles. The molecule has 2 rings (SSSR count). The maximum absolute atomic E-state index is 11.5. The number of rotatable bonds is 4. The Morgan fingerprint density at radius 3 is 2.68 bits per heavy atom. The van der Waals surface area contributed by atoms with Gasteiger partial charge in [0.1, 0.15) is 6.42 Å². The average Bonchev–Trinajstić information content (AvgIpc) is 2.44. The molecule has 19 heavy (non-hydrogen) atoms. The number of amides is 1. The standard InChI is InChI=1S/C16H16N2O/c1-18(16(19)8-10-17)11-9-13-6-7-14-4-2-3-5-15(14)12-13/h2-7,12H,8-9,11H2,1H3. The topological polar surface area (TPSA) is 44.1 Å². The Morgan fingerprint density at radius 1 is 1.21 bits per heavy atom. The molecule has 0 radical (unpaired) electrons. The monoisotopic (exact) mass is 252 g/mol. The highest BCUT2D eigenvalue weighted by molar-refractivity contribution is 5.83. The van der Waals surface area contributed by atoms with Gasteiger partial charge in [0.2, 0.25) is 5.91 Å². The fourth-order valence-corrected chi connectivity index (χ4v) is 2.02. The van der Waals surface area contributed by atoms with E-state index in [-0.39, 0.29) is 12.3 Å². The van der Waals surface area contributed by atoms with Crippen molar-refractivity contribution in [3.63, 3.8) is 0 Å². The maximum atomic E-state index is 11.5. The molecule has 2 aromatic rings. The average molecular weight is 252 g/mol. The molecule has 96 valence electrons. The van der Waals surface area contributed by atoms with Gasteiger partial charge in [0.15, 0.2) is 0 Å². The van der Waals surface area contributed by atoms with Gasteiger partial charge in [-0.15, -0.1) is 0 Å². The molecule has 0 spiro atoms. The SMILES string of the molecule is CN(CCc1ccc2ccccc2c1)C(=O)CC#N. The highest BCUT2D eigenvalue weighted by atomic mass is 16.2. The van der Waals surface area contributed by atoms with Crippen molar-refractivity contribution >= 4 is 16.7 Å². The van der Waals surface area contributed by atoms with Crippen molar-refractivity contribution in [2.45, 2.75) is 12.8 Å². The minimum Gasteiger partial charge on any atom is -0.345 e. The predicted molar refractivity (Wildman–Crippen MR) is 75.5 cm³/mol. The number of hydrogen-bond acceptors (Lipinski definition) is 2. The van der Waals surface area contributed by atoms with Crippen molar-refractivity contribution in [2.75, 3.05) is 13.6 Å². The third-order valence-electron chi connectivity index (χ3n) is 3.21. The van der Waals surface area contributed by atoms with Crippen molar-refractivity contribution in [1.29, 1.82) is 5.26 Å². The molecule has 0 fully saturated rings. The molecular weight excluding hydrogens is 236 g/mol. The van der Waals surface area contributed by atoms with Crippen LogP contribution in [0.15, 0.2) is 42.5 Å². The van der Waals surface area contributed by atoms with E-state index in [9.17, 15) is 4.79 Å². The minimum absolute atomic E-state index is 0.0474. The van der Waals surface area contributed by atoms with Gasteiger partial charge in [0.25, 0.3) is 0 Å². The summed E-state index contributed by atoms with van der Waals surface area (Å²) in [6.45, 7) is 0.638. The lowest BCUT2D eigenvalue weighted by atomic mass is 10.1. The fraction of sp³-hybridized carbons (Fsp3) is 0.250. The molecule has 0 aliphatic carbocycles. The molecular formula is C16H16N2O. The Labute approximate surface area is 113 Å². The van der Waals surface area contributed by atoms with Gasteiger partial charge in [0.05, 0.1) is 6.07 Å². The van der Waals surface area contributed by atoms with Crippen LogP contribution in [0.3, 0.4) is 0 Å². The van der Waals surface area contributed by atoms with Gasteiger partial charge in [-0.3, -0.25) is 4.79 Å². The molecule has 3 heteroatoms. The summed E-state index contributed by atoms with van der Waals surface area (Å²) in [5.41, 5.74) is 1.20. The molecule has 0 aliphatic heterocycles. The molecule has 3 nitrogen and oxygen atoms in total. The van der Waals surface area contributed by atoms with Crippen molar-refractivity contribution in [2.24, 2.45) is 0 Å². The van der Waals surface area contributed by atoms with Crippen LogP contribution in [-0.2, 0) is 11.2 Å². The summed E-state index contributed by atoms with van der Waals surface area (Å²) in [7, 11) is 1.74. The third kappa shape index (κ3) is 3.32.